The van der Waals surface area contributed by atoms with Gasteiger partial charge in [0.15, 0.2) is 0 Å². The van der Waals surface area contributed by atoms with Crippen LogP contribution in [0, 0.1) is 13.8 Å². The molecule has 0 atom stereocenters. The van der Waals surface area contributed by atoms with Crippen molar-refractivity contribution in [2.45, 2.75) is 80.9 Å². The van der Waals surface area contributed by atoms with Crippen molar-refractivity contribution < 1.29 is 5.11 Å². The third-order valence-corrected chi connectivity index (χ3v) is 8.12. The second-order valence-corrected chi connectivity index (χ2v) is 12.6. The third kappa shape index (κ3) is 4.75. The van der Waals surface area contributed by atoms with Crippen LogP contribution in [0.4, 0.5) is 0 Å². The average Bonchev–Trinajstić information content (AvgIpc) is 2.66. The molecule has 0 unspecified atom stereocenters. The van der Waals surface area contributed by atoms with Crippen molar-refractivity contribution in [2.24, 2.45) is 0 Å². The van der Waals surface area contributed by atoms with Gasteiger partial charge >= 0.3 is 0 Å². The summed E-state index contributed by atoms with van der Waals surface area (Å²) in [5.41, 5.74) is 4.86. The summed E-state index contributed by atoms with van der Waals surface area (Å²) >= 11 is 0. The molecule has 0 aromatic heterocycles. The van der Waals surface area contributed by atoms with E-state index in [9.17, 15) is 5.11 Å². The molecule has 0 aliphatic heterocycles. The Balaban J connectivity index is 2.14. The van der Waals surface area contributed by atoms with Crippen molar-refractivity contribution >= 4 is 10.9 Å². The molecular weight excluding hydrogens is 384 g/mol. The van der Waals surface area contributed by atoms with E-state index in [4.69, 9.17) is 0 Å². The van der Waals surface area contributed by atoms with Gasteiger partial charge in [-0.3, -0.25) is 0 Å². The maximum Gasteiger partial charge on any atom is 0.121 e. The molecule has 0 aliphatic rings. The fourth-order valence-corrected chi connectivity index (χ4v) is 6.16. The Hall–Kier alpha value is -2.19. The summed E-state index contributed by atoms with van der Waals surface area (Å²) in [7, 11) is -0.698. The van der Waals surface area contributed by atoms with E-state index in [-0.39, 0.29) is 10.8 Å². The van der Waals surface area contributed by atoms with Crippen molar-refractivity contribution in [2.75, 3.05) is 0 Å². The van der Waals surface area contributed by atoms with Crippen LogP contribution in [0.1, 0.15) is 63.8 Å². The van der Waals surface area contributed by atoms with Crippen LogP contribution in [0.3, 0.4) is 0 Å². The zero-order valence-corrected chi connectivity index (χ0v) is 20.6. The highest BCUT2D eigenvalue weighted by molar-refractivity contribution is 8.17. The van der Waals surface area contributed by atoms with Crippen molar-refractivity contribution in [1.29, 1.82) is 0 Å². The van der Waals surface area contributed by atoms with Gasteiger partial charge in [0, 0.05) is 0 Å². The van der Waals surface area contributed by atoms with Gasteiger partial charge < -0.3 is 5.11 Å². The van der Waals surface area contributed by atoms with Gasteiger partial charge in [-0.1, -0.05) is 65.8 Å². The summed E-state index contributed by atoms with van der Waals surface area (Å²) in [5.74, 6) is 0.403. The van der Waals surface area contributed by atoms with Crippen LogP contribution in [0.25, 0.3) is 0 Å². The highest BCUT2D eigenvalue weighted by atomic mass is 32.2. The predicted octanol–water partition coefficient (Wildman–Crippen LogP) is 8.08. The molecule has 1 N–H and O–H groups in total. The molecule has 160 valence electrons. The molecule has 3 aromatic carbocycles. The normalized spacial score (nSPS) is 12.7. The molecule has 0 spiro atoms. The smallest absolute Gasteiger partial charge is 0.121 e. The van der Waals surface area contributed by atoms with Crippen LogP contribution in [-0.4, -0.2) is 5.11 Å². The number of hydrogen-bond acceptors (Lipinski definition) is 1. The lowest BCUT2D eigenvalue weighted by Crippen LogP contribution is -2.11. The first kappa shape index (κ1) is 22.5. The average molecular weight is 421 g/mol. The third-order valence-electron chi connectivity index (χ3n) is 5.72. The molecular formula is C28H36OS. The van der Waals surface area contributed by atoms with Crippen LogP contribution < -0.4 is 0 Å². The molecule has 1 nitrogen and oxygen atoms in total. The van der Waals surface area contributed by atoms with Crippen molar-refractivity contribution in [3.8, 4) is 5.75 Å². The Morgan fingerprint density at radius 2 is 0.900 bits per heavy atom. The van der Waals surface area contributed by atoms with E-state index in [0.29, 0.717) is 5.75 Å². The fourth-order valence-electron chi connectivity index (χ4n) is 3.73. The summed E-state index contributed by atoms with van der Waals surface area (Å²) in [6.45, 7) is 17.5. The Kier molecular flexibility index (Phi) is 6.11. The molecule has 30 heavy (non-hydrogen) atoms. The molecule has 0 heterocycles. The van der Waals surface area contributed by atoms with E-state index in [0.717, 1.165) is 11.1 Å². The number of thiol groups is 1. The van der Waals surface area contributed by atoms with Crippen molar-refractivity contribution in [1.82, 2.24) is 0 Å². The number of aryl methyl sites for hydroxylation is 2. The molecule has 3 aromatic rings. The van der Waals surface area contributed by atoms with Crippen LogP contribution >= 0.6 is 10.9 Å². The molecule has 0 saturated carbocycles. The minimum Gasteiger partial charge on any atom is -0.507 e. The van der Waals surface area contributed by atoms with E-state index in [1.165, 1.54) is 25.8 Å². The van der Waals surface area contributed by atoms with Crippen LogP contribution in [-0.2, 0) is 10.8 Å². The molecule has 0 saturated heterocycles. The first-order chi connectivity index (χ1) is 13.9. The zero-order chi connectivity index (χ0) is 22.3. The number of benzene rings is 3. The number of phenolic OH excluding ortho intramolecular Hbond substituents is 1. The standard InChI is InChI=1S/C28H36OS/c1-19-17-25(18-20(2)26(19)29)30(23-13-9-21(10-14-23)27(3,4)5)24-15-11-22(12-16-24)28(6,7)8/h9-18,29-30H,1-8H3. The van der Waals surface area contributed by atoms with Gasteiger partial charge in [-0.2, -0.15) is 10.9 Å². The maximum atomic E-state index is 10.3. The van der Waals surface area contributed by atoms with E-state index in [2.05, 4.69) is 102 Å². The Labute approximate surface area is 185 Å². The predicted molar refractivity (Wildman–Crippen MR) is 132 cm³/mol. The summed E-state index contributed by atoms with van der Waals surface area (Å²) in [6.07, 6.45) is 0. The SMILES string of the molecule is Cc1cc([SH](c2ccc(C(C)(C)C)cc2)c2ccc(C(C)(C)C)cc2)cc(C)c1O. The van der Waals surface area contributed by atoms with Gasteiger partial charge in [-0.15, -0.1) is 0 Å². The van der Waals surface area contributed by atoms with E-state index < -0.39 is 10.9 Å². The van der Waals surface area contributed by atoms with E-state index >= 15 is 0 Å². The highest BCUT2D eigenvalue weighted by Crippen LogP contribution is 2.53. The summed E-state index contributed by atoms with van der Waals surface area (Å²) < 4.78 is 0. The van der Waals surface area contributed by atoms with Crippen molar-refractivity contribution in [3.63, 3.8) is 0 Å². The minimum atomic E-state index is -0.698. The highest BCUT2D eigenvalue weighted by Gasteiger charge is 2.19. The first-order valence-electron chi connectivity index (χ1n) is 10.7. The Morgan fingerprint density at radius 3 is 1.20 bits per heavy atom. The second-order valence-electron chi connectivity index (χ2n) is 10.4. The topological polar surface area (TPSA) is 20.2 Å². The van der Waals surface area contributed by atoms with E-state index in [1.807, 2.05) is 13.8 Å². The van der Waals surface area contributed by atoms with Crippen LogP contribution in [0.2, 0.25) is 0 Å². The Bertz CT molecular complexity index is 936. The molecule has 0 radical (unpaired) electrons. The quantitative estimate of drug-likeness (QED) is 0.410. The lowest BCUT2D eigenvalue weighted by atomic mass is 9.87. The van der Waals surface area contributed by atoms with Crippen LogP contribution in [0.5, 0.6) is 5.75 Å². The summed E-state index contributed by atoms with van der Waals surface area (Å²) in [5, 5.41) is 10.3. The number of hydrogen-bond donors (Lipinski definition) is 2. The first-order valence-corrected chi connectivity index (χ1v) is 12.0. The summed E-state index contributed by atoms with van der Waals surface area (Å²) in [6, 6.07) is 22.6. The molecule has 0 bridgehead atoms. The van der Waals surface area contributed by atoms with Gasteiger partial charge in [0.2, 0.25) is 0 Å². The lowest BCUT2D eigenvalue weighted by molar-refractivity contribution is 0.466. The van der Waals surface area contributed by atoms with Gasteiger partial charge in [-0.05, 0) is 98.0 Å². The van der Waals surface area contributed by atoms with E-state index in [1.54, 1.807) is 0 Å². The number of phenols is 1. The van der Waals surface area contributed by atoms with Crippen molar-refractivity contribution in [3.05, 3.63) is 82.9 Å². The zero-order valence-electron chi connectivity index (χ0n) is 19.7. The molecule has 2 heteroatoms. The fraction of sp³-hybridized carbons (Fsp3) is 0.357. The molecule has 3 rings (SSSR count). The van der Waals surface area contributed by atoms with Gasteiger partial charge in [0.05, 0.1) is 0 Å². The monoisotopic (exact) mass is 420 g/mol. The molecule has 0 aliphatic carbocycles. The maximum absolute atomic E-state index is 10.3. The largest absolute Gasteiger partial charge is 0.507 e. The molecule has 0 amide bonds. The van der Waals surface area contributed by atoms with Gasteiger partial charge in [0.25, 0.3) is 0 Å². The molecule has 0 fully saturated rings. The van der Waals surface area contributed by atoms with Gasteiger partial charge in [0.1, 0.15) is 5.75 Å². The summed E-state index contributed by atoms with van der Waals surface area (Å²) in [4.78, 5) is 3.96. The Morgan fingerprint density at radius 1 is 0.567 bits per heavy atom. The van der Waals surface area contributed by atoms with Gasteiger partial charge in [-0.25, -0.2) is 0 Å². The second kappa shape index (κ2) is 8.15. The lowest BCUT2D eigenvalue weighted by Gasteiger charge is -2.27. The van der Waals surface area contributed by atoms with Crippen LogP contribution in [0.15, 0.2) is 75.4 Å². The number of aromatic hydroxyl groups is 1. The minimum absolute atomic E-state index is 0.140. The number of rotatable bonds is 3.